The lowest BCUT2D eigenvalue weighted by molar-refractivity contribution is 0.00578. The van der Waals surface area contributed by atoms with Gasteiger partial charge in [0, 0.05) is 17.2 Å². The van der Waals surface area contributed by atoms with Gasteiger partial charge in [0.05, 0.1) is 16.9 Å². The minimum absolute atomic E-state index is 0.0204. The fourth-order valence-electron chi connectivity index (χ4n) is 3.70. The van der Waals surface area contributed by atoms with Crippen LogP contribution in [0.3, 0.4) is 0 Å². The first-order valence-corrected chi connectivity index (χ1v) is 8.59. The third-order valence-electron chi connectivity index (χ3n) is 5.98. The number of rotatable bonds is 1. The smallest absolute Gasteiger partial charge is 0.399 e. The molecule has 1 saturated heterocycles. The van der Waals surface area contributed by atoms with Gasteiger partial charge >= 0.3 is 7.12 Å². The zero-order valence-corrected chi connectivity index (χ0v) is 15.3. The molecule has 0 radical (unpaired) electrons. The summed E-state index contributed by atoms with van der Waals surface area (Å²) in [6.45, 7) is 12.9. The molecule has 0 bridgehead atoms. The van der Waals surface area contributed by atoms with Crippen molar-refractivity contribution in [3.8, 4) is 11.3 Å². The van der Waals surface area contributed by atoms with E-state index in [1.54, 1.807) is 0 Å². The summed E-state index contributed by atoms with van der Waals surface area (Å²) in [6, 6.07) is 10.7. The first-order chi connectivity index (χ1) is 11.1. The van der Waals surface area contributed by atoms with Gasteiger partial charge in [-0.25, -0.2) is 0 Å². The van der Waals surface area contributed by atoms with Crippen molar-refractivity contribution in [3.05, 3.63) is 47.7 Å². The lowest BCUT2D eigenvalue weighted by atomic mass is 9.76. The van der Waals surface area contributed by atoms with Crippen LogP contribution >= 0.6 is 0 Å². The Morgan fingerprint density at radius 2 is 1.54 bits per heavy atom. The predicted molar refractivity (Wildman–Crippen MR) is 97.5 cm³/mol. The second-order valence-electron chi connectivity index (χ2n) is 8.42. The Kier molecular flexibility index (Phi) is 3.11. The van der Waals surface area contributed by atoms with Crippen LogP contribution in [0, 0.1) is 0 Å². The van der Waals surface area contributed by atoms with Crippen LogP contribution in [0.5, 0.6) is 0 Å². The van der Waals surface area contributed by atoms with Crippen LogP contribution in [0.2, 0.25) is 0 Å². The number of hydrogen-bond donors (Lipinski definition) is 0. The summed E-state index contributed by atoms with van der Waals surface area (Å²) in [7, 11) is -0.337. The van der Waals surface area contributed by atoms with Gasteiger partial charge in [-0.15, -0.1) is 0 Å². The van der Waals surface area contributed by atoms with Crippen molar-refractivity contribution < 1.29 is 9.31 Å². The van der Waals surface area contributed by atoms with E-state index >= 15 is 0 Å². The highest BCUT2D eigenvalue weighted by molar-refractivity contribution is 6.62. The molecule has 24 heavy (non-hydrogen) atoms. The molecule has 124 valence electrons. The van der Waals surface area contributed by atoms with E-state index in [1.807, 2.05) is 12.3 Å². The van der Waals surface area contributed by atoms with Crippen LogP contribution in [0.15, 0.2) is 36.5 Å². The zero-order chi connectivity index (χ0) is 17.3. The largest absolute Gasteiger partial charge is 0.494 e. The molecular formula is C20H24BNO2. The van der Waals surface area contributed by atoms with E-state index < -0.39 is 0 Å². The second-order valence-corrected chi connectivity index (χ2v) is 8.42. The van der Waals surface area contributed by atoms with Gasteiger partial charge in [0.25, 0.3) is 0 Å². The molecule has 0 atom stereocenters. The molecule has 3 nitrogen and oxygen atoms in total. The Labute approximate surface area is 144 Å². The van der Waals surface area contributed by atoms with Crippen molar-refractivity contribution in [2.75, 3.05) is 0 Å². The third kappa shape index (κ3) is 2.03. The molecule has 2 aliphatic rings. The molecule has 1 fully saturated rings. The Bertz CT molecular complexity index is 810. The summed E-state index contributed by atoms with van der Waals surface area (Å²) in [4.78, 5) is 4.64. The van der Waals surface area contributed by atoms with Crippen LogP contribution in [0.1, 0.15) is 52.7 Å². The number of nitrogens with zero attached hydrogens (tertiary/aromatic N) is 1. The maximum atomic E-state index is 6.21. The minimum Gasteiger partial charge on any atom is -0.399 e. The molecule has 1 aliphatic heterocycles. The Hall–Kier alpha value is -1.65. The molecule has 1 aliphatic carbocycles. The number of aromatic nitrogens is 1. The van der Waals surface area contributed by atoms with Crippen LogP contribution in [-0.4, -0.2) is 23.3 Å². The zero-order valence-electron chi connectivity index (χ0n) is 15.3. The van der Waals surface area contributed by atoms with E-state index in [0.29, 0.717) is 0 Å². The van der Waals surface area contributed by atoms with E-state index in [-0.39, 0.29) is 23.7 Å². The summed E-state index contributed by atoms with van der Waals surface area (Å²) in [6.07, 6.45) is 1.87. The average molecular weight is 321 g/mol. The van der Waals surface area contributed by atoms with Crippen LogP contribution in [0.4, 0.5) is 0 Å². The van der Waals surface area contributed by atoms with Crippen molar-refractivity contribution in [2.45, 2.75) is 58.2 Å². The number of pyridine rings is 1. The molecule has 0 saturated carbocycles. The van der Waals surface area contributed by atoms with Crippen molar-refractivity contribution in [3.63, 3.8) is 0 Å². The Morgan fingerprint density at radius 1 is 0.875 bits per heavy atom. The number of fused-ring (bicyclic) bond motifs is 3. The van der Waals surface area contributed by atoms with Gasteiger partial charge in [-0.2, -0.15) is 0 Å². The number of benzene rings is 1. The molecule has 1 aromatic heterocycles. The summed E-state index contributed by atoms with van der Waals surface area (Å²) < 4.78 is 12.4. The lowest BCUT2D eigenvalue weighted by Crippen LogP contribution is -2.41. The molecule has 4 rings (SSSR count). The van der Waals surface area contributed by atoms with Crippen LogP contribution in [-0.2, 0) is 14.7 Å². The second kappa shape index (κ2) is 4.71. The van der Waals surface area contributed by atoms with Gasteiger partial charge in [-0.3, -0.25) is 4.98 Å². The fourth-order valence-corrected chi connectivity index (χ4v) is 3.70. The SMILES string of the molecule is CC1(C)c2ccc(B3OC(C)(C)C(C)(C)O3)cc2-c2ncccc21. The molecule has 1 aromatic carbocycles. The van der Waals surface area contributed by atoms with Gasteiger partial charge in [0.2, 0.25) is 0 Å². The Morgan fingerprint density at radius 3 is 2.21 bits per heavy atom. The van der Waals surface area contributed by atoms with Crippen LogP contribution in [0.25, 0.3) is 11.3 Å². The fraction of sp³-hybridized carbons (Fsp3) is 0.450. The average Bonchev–Trinajstić information content (AvgIpc) is 2.88. The van der Waals surface area contributed by atoms with E-state index in [4.69, 9.17) is 9.31 Å². The minimum atomic E-state index is -0.337. The molecule has 0 amide bonds. The summed E-state index contributed by atoms with van der Waals surface area (Å²) in [5, 5.41) is 0. The summed E-state index contributed by atoms with van der Waals surface area (Å²) in [5.74, 6) is 0. The molecular weight excluding hydrogens is 297 g/mol. The molecule has 2 heterocycles. The summed E-state index contributed by atoms with van der Waals surface area (Å²) in [5.41, 5.74) is 5.26. The maximum absolute atomic E-state index is 6.21. The first kappa shape index (κ1) is 15.9. The Balaban J connectivity index is 1.80. The van der Waals surface area contributed by atoms with E-state index in [2.05, 4.69) is 70.8 Å². The number of hydrogen-bond acceptors (Lipinski definition) is 3. The van der Waals surface area contributed by atoms with E-state index in [1.165, 1.54) is 16.7 Å². The van der Waals surface area contributed by atoms with Crippen molar-refractivity contribution >= 4 is 12.6 Å². The van der Waals surface area contributed by atoms with Crippen molar-refractivity contribution in [2.24, 2.45) is 0 Å². The normalized spacial score (nSPS) is 22.3. The van der Waals surface area contributed by atoms with Crippen LogP contribution < -0.4 is 5.46 Å². The van der Waals surface area contributed by atoms with Gasteiger partial charge in [-0.1, -0.05) is 38.1 Å². The standard InChI is InChI=1S/C20H24BNO2/c1-18(2)15-10-9-13(21-23-19(3,4)20(5,6)24-21)12-14(15)17-16(18)8-7-11-22-17/h7-12H,1-6H3. The van der Waals surface area contributed by atoms with E-state index in [0.717, 1.165) is 11.2 Å². The van der Waals surface area contributed by atoms with Crippen molar-refractivity contribution in [1.82, 2.24) is 4.98 Å². The first-order valence-electron chi connectivity index (χ1n) is 8.59. The molecule has 0 spiro atoms. The van der Waals surface area contributed by atoms with Gasteiger partial charge in [0.1, 0.15) is 0 Å². The van der Waals surface area contributed by atoms with Crippen molar-refractivity contribution in [1.29, 1.82) is 0 Å². The predicted octanol–water partition coefficient (Wildman–Crippen LogP) is 3.69. The van der Waals surface area contributed by atoms with Gasteiger partial charge in [0.15, 0.2) is 0 Å². The highest BCUT2D eigenvalue weighted by atomic mass is 16.7. The van der Waals surface area contributed by atoms with Gasteiger partial charge in [-0.05, 0) is 50.4 Å². The molecule has 0 N–H and O–H groups in total. The molecule has 0 unspecified atom stereocenters. The summed E-state index contributed by atoms with van der Waals surface area (Å²) >= 11 is 0. The molecule has 4 heteroatoms. The molecule has 2 aromatic rings. The highest BCUT2D eigenvalue weighted by Crippen LogP contribution is 2.47. The van der Waals surface area contributed by atoms with Gasteiger partial charge < -0.3 is 9.31 Å². The monoisotopic (exact) mass is 321 g/mol. The maximum Gasteiger partial charge on any atom is 0.494 e. The quantitative estimate of drug-likeness (QED) is 0.751. The van der Waals surface area contributed by atoms with E-state index in [9.17, 15) is 0 Å². The topological polar surface area (TPSA) is 31.4 Å². The third-order valence-corrected chi connectivity index (χ3v) is 5.98. The lowest BCUT2D eigenvalue weighted by Gasteiger charge is -2.32. The highest BCUT2D eigenvalue weighted by Gasteiger charge is 2.52.